The Morgan fingerprint density at radius 2 is 2.28 bits per heavy atom. The zero-order valence-electron chi connectivity index (χ0n) is 10.5. The maximum Gasteiger partial charge on any atom is 0.224 e. The number of hydrogen-bond acceptors (Lipinski definition) is 2. The lowest BCUT2D eigenvalue weighted by Crippen LogP contribution is -2.19. The van der Waals surface area contributed by atoms with Gasteiger partial charge in [0.15, 0.2) is 0 Å². The Morgan fingerprint density at radius 3 is 3.00 bits per heavy atom. The molecule has 3 nitrogen and oxygen atoms in total. The molecule has 1 aromatic carbocycles. The second-order valence-corrected chi connectivity index (χ2v) is 5.25. The molecule has 0 spiro atoms. The van der Waals surface area contributed by atoms with Gasteiger partial charge in [-0.3, -0.25) is 4.79 Å². The Kier molecular flexibility index (Phi) is 4.64. The molecule has 0 saturated carbocycles. The summed E-state index contributed by atoms with van der Waals surface area (Å²) < 4.78 is 5.77. The van der Waals surface area contributed by atoms with E-state index in [-0.39, 0.29) is 5.91 Å². The minimum Gasteiger partial charge on any atom is -0.493 e. The molecular weight excluding hydrogens is 294 g/mol. The smallest absolute Gasteiger partial charge is 0.224 e. The highest BCUT2D eigenvalue weighted by molar-refractivity contribution is 9.09. The van der Waals surface area contributed by atoms with Crippen LogP contribution in [0.5, 0.6) is 5.75 Å². The number of hydrogen-bond donors (Lipinski definition) is 1. The molecule has 1 atom stereocenters. The first-order valence-corrected chi connectivity index (χ1v) is 7.46. The van der Waals surface area contributed by atoms with Crippen molar-refractivity contribution in [3.05, 3.63) is 23.8 Å². The highest BCUT2D eigenvalue weighted by Crippen LogP contribution is 2.27. The second kappa shape index (κ2) is 6.23. The third-order valence-electron chi connectivity index (χ3n) is 3.26. The van der Waals surface area contributed by atoms with Gasteiger partial charge in [0.25, 0.3) is 0 Å². The highest BCUT2D eigenvalue weighted by atomic mass is 79.9. The molecule has 0 radical (unpaired) electrons. The molecule has 0 bridgehead atoms. The molecule has 1 heterocycles. The van der Waals surface area contributed by atoms with Crippen molar-refractivity contribution in [2.45, 2.75) is 26.2 Å². The number of ether oxygens (including phenoxy) is 1. The summed E-state index contributed by atoms with van der Waals surface area (Å²) in [6, 6.07) is 5.95. The molecule has 1 aliphatic rings. The van der Waals surface area contributed by atoms with Crippen LogP contribution in [0.4, 0.5) is 5.69 Å². The number of carbonyl (C=O) groups excluding carboxylic acids is 1. The number of carbonyl (C=O) groups is 1. The minimum atomic E-state index is 0.0894. The van der Waals surface area contributed by atoms with Gasteiger partial charge in [-0.25, -0.2) is 0 Å². The monoisotopic (exact) mass is 311 g/mol. The van der Waals surface area contributed by atoms with E-state index in [1.807, 2.05) is 18.2 Å². The average molecular weight is 312 g/mol. The number of anilines is 1. The van der Waals surface area contributed by atoms with Gasteiger partial charge < -0.3 is 10.1 Å². The summed E-state index contributed by atoms with van der Waals surface area (Å²) in [5.74, 6) is 1.44. The SMILES string of the molecule is CCC(CBr)COc1ccc2c(c1)NC(=O)CC2. The van der Waals surface area contributed by atoms with Crippen molar-refractivity contribution in [1.82, 2.24) is 0 Å². The number of fused-ring (bicyclic) bond motifs is 1. The summed E-state index contributed by atoms with van der Waals surface area (Å²) in [5.41, 5.74) is 2.09. The quantitative estimate of drug-likeness (QED) is 0.847. The van der Waals surface area contributed by atoms with Crippen molar-refractivity contribution in [2.24, 2.45) is 5.92 Å². The number of amides is 1. The Hall–Kier alpha value is -1.03. The van der Waals surface area contributed by atoms with Crippen molar-refractivity contribution in [1.29, 1.82) is 0 Å². The molecule has 1 N–H and O–H groups in total. The first kappa shape index (κ1) is 13.4. The van der Waals surface area contributed by atoms with Crippen molar-refractivity contribution in [3.63, 3.8) is 0 Å². The summed E-state index contributed by atoms with van der Waals surface area (Å²) in [4.78, 5) is 11.3. The van der Waals surface area contributed by atoms with E-state index in [2.05, 4.69) is 28.2 Å². The predicted octanol–water partition coefficient (Wildman–Crippen LogP) is 3.37. The van der Waals surface area contributed by atoms with Gasteiger partial charge >= 0.3 is 0 Å². The molecule has 1 amide bonds. The third-order valence-corrected chi connectivity index (χ3v) is 4.17. The summed E-state index contributed by atoms with van der Waals surface area (Å²) >= 11 is 3.48. The number of nitrogens with one attached hydrogen (secondary N) is 1. The number of benzene rings is 1. The van der Waals surface area contributed by atoms with Gasteiger partial charge in [0, 0.05) is 29.4 Å². The molecule has 2 rings (SSSR count). The van der Waals surface area contributed by atoms with Crippen LogP contribution in [0.3, 0.4) is 0 Å². The molecule has 0 saturated heterocycles. The van der Waals surface area contributed by atoms with Crippen LogP contribution in [-0.2, 0) is 11.2 Å². The fourth-order valence-electron chi connectivity index (χ4n) is 1.93. The zero-order chi connectivity index (χ0) is 13.0. The Bertz CT molecular complexity index is 430. The van der Waals surface area contributed by atoms with Crippen molar-refractivity contribution < 1.29 is 9.53 Å². The van der Waals surface area contributed by atoms with Gasteiger partial charge in [-0.2, -0.15) is 0 Å². The van der Waals surface area contributed by atoms with Crippen LogP contribution in [0.2, 0.25) is 0 Å². The van der Waals surface area contributed by atoms with Crippen LogP contribution < -0.4 is 10.1 Å². The lowest BCUT2D eigenvalue weighted by atomic mass is 10.0. The van der Waals surface area contributed by atoms with Gasteiger partial charge in [-0.05, 0) is 24.5 Å². The van der Waals surface area contributed by atoms with Gasteiger partial charge in [0.05, 0.1) is 6.61 Å². The fraction of sp³-hybridized carbons (Fsp3) is 0.500. The lowest BCUT2D eigenvalue weighted by molar-refractivity contribution is -0.116. The number of aryl methyl sites for hydroxylation is 1. The topological polar surface area (TPSA) is 38.3 Å². The van der Waals surface area contributed by atoms with Crippen LogP contribution >= 0.6 is 15.9 Å². The number of halogens is 1. The van der Waals surface area contributed by atoms with Gasteiger partial charge in [0.1, 0.15) is 5.75 Å². The first-order valence-electron chi connectivity index (χ1n) is 6.34. The average Bonchev–Trinajstić information content (AvgIpc) is 2.39. The fourth-order valence-corrected chi connectivity index (χ4v) is 2.57. The molecular formula is C14H18BrNO2. The van der Waals surface area contributed by atoms with Crippen LogP contribution in [0, 0.1) is 5.92 Å². The summed E-state index contributed by atoms with van der Waals surface area (Å²) in [5, 5.41) is 3.84. The van der Waals surface area contributed by atoms with Crippen molar-refractivity contribution in [2.75, 3.05) is 17.3 Å². The van der Waals surface area contributed by atoms with Gasteiger partial charge in [-0.15, -0.1) is 0 Å². The molecule has 0 aromatic heterocycles. The maximum absolute atomic E-state index is 11.3. The van der Waals surface area contributed by atoms with Crippen molar-refractivity contribution in [3.8, 4) is 5.75 Å². The Balaban J connectivity index is 2.02. The molecule has 1 aromatic rings. The Morgan fingerprint density at radius 1 is 1.44 bits per heavy atom. The predicted molar refractivity (Wildman–Crippen MR) is 76.5 cm³/mol. The lowest BCUT2D eigenvalue weighted by Gasteiger charge is -2.19. The summed E-state index contributed by atoms with van der Waals surface area (Å²) in [6.07, 6.45) is 2.49. The second-order valence-electron chi connectivity index (χ2n) is 4.61. The molecule has 4 heteroatoms. The van der Waals surface area contributed by atoms with E-state index < -0.39 is 0 Å². The van der Waals surface area contributed by atoms with Crippen LogP contribution in [0.15, 0.2) is 18.2 Å². The number of alkyl halides is 1. The minimum absolute atomic E-state index is 0.0894. The van der Waals surface area contributed by atoms with E-state index in [9.17, 15) is 4.79 Å². The normalized spacial score (nSPS) is 15.8. The van der Waals surface area contributed by atoms with E-state index in [0.717, 1.165) is 29.6 Å². The van der Waals surface area contributed by atoms with E-state index in [4.69, 9.17) is 4.74 Å². The van der Waals surface area contributed by atoms with E-state index in [1.165, 1.54) is 5.56 Å². The third kappa shape index (κ3) is 3.25. The summed E-state index contributed by atoms with van der Waals surface area (Å²) in [7, 11) is 0. The van der Waals surface area contributed by atoms with Crippen molar-refractivity contribution >= 4 is 27.5 Å². The molecule has 0 aliphatic carbocycles. The molecule has 18 heavy (non-hydrogen) atoms. The standard InChI is InChI=1S/C14H18BrNO2/c1-2-10(8-15)9-18-12-5-3-11-4-6-14(17)16-13(11)7-12/h3,5,7,10H,2,4,6,8-9H2,1H3,(H,16,17). The van der Waals surface area contributed by atoms with Crippen LogP contribution in [0.1, 0.15) is 25.3 Å². The Labute approximate surface area is 116 Å². The molecule has 98 valence electrons. The number of rotatable bonds is 5. The van der Waals surface area contributed by atoms with Gasteiger partial charge in [-0.1, -0.05) is 28.9 Å². The first-order chi connectivity index (χ1) is 8.72. The molecule has 1 unspecified atom stereocenters. The van der Waals surface area contributed by atoms with Crippen LogP contribution in [-0.4, -0.2) is 17.8 Å². The zero-order valence-corrected chi connectivity index (χ0v) is 12.1. The van der Waals surface area contributed by atoms with E-state index >= 15 is 0 Å². The summed E-state index contributed by atoms with van der Waals surface area (Å²) in [6.45, 7) is 2.86. The van der Waals surface area contributed by atoms with E-state index in [0.29, 0.717) is 18.9 Å². The van der Waals surface area contributed by atoms with Gasteiger partial charge in [0.2, 0.25) is 5.91 Å². The molecule has 0 fully saturated rings. The largest absolute Gasteiger partial charge is 0.493 e. The highest BCUT2D eigenvalue weighted by Gasteiger charge is 2.15. The molecule has 1 aliphatic heterocycles. The van der Waals surface area contributed by atoms with Crippen LogP contribution in [0.25, 0.3) is 0 Å². The van der Waals surface area contributed by atoms with E-state index in [1.54, 1.807) is 0 Å². The maximum atomic E-state index is 11.3.